The number of nitrogens with zero attached hydrogens (tertiary/aromatic N) is 3. The lowest BCUT2D eigenvalue weighted by Gasteiger charge is -2.39. The number of aromatic nitrogens is 1. The summed E-state index contributed by atoms with van der Waals surface area (Å²) in [6.07, 6.45) is 0.194. The van der Waals surface area contributed by atoms with Gasteiger partial charge in [0.25, 0.3) is 0 Å². The molecular weight excluding hydrogens is 531 g/mol. The normalized spacial score (nSPS) is 15.4. The highest BCUT2D eigenvalue weighted by Crippen LogP contribution is 2.32. The van der Waals surface area contributed by atoms with Crippen LogP contribution in [0, 0.1) is 0 Å². The Labute approximate surface area is 225 Å². The zero-order valence-electron chi connectivity index (χ0n) is 20.9. The fourth-order valence-electron chi connectivity index (χ4n) is 4.31. The Morgan fingerprint density at radius 1 is 1.05 bits per heavy atom. The Hall–Kier alpha value is -3.90. The van der Waals surface area contributed by atoms with Crippen LogP contribution in [0.2, 0.25) is 0 Å². The third-order valence-corrected chi connectivity index (χ3v) is 8.40. The molecule has 4 rings (SSSR count). The number of urea groups is 1. The molecule has 1 aromatic heterocycles. The van der Waals surface area contributed by atoms with Gasteiger partial charge in [-0.3, -0.25) is 9.88 Å². The molecule has 1 aliphatic heterocycles. The Morgan fingerprint density at radius 3 is 2.38 bits per heavy atom. The summed E-state index contributed by atoms with van der Waals surface area (Å²) in [6, 6.07) is 14.1. The highest BCUT2D eigenvalue weighted by atomic mass is 32.2. The average Bonchev–Trinajstić information content (AvgIpc) is 2.93. The number of halogens is 3. The minimum Gasteiger partial charge on any atom is -0.369 e. The van der Waals surface area contributed by atoms with Gasteiger partial charge in [0.2, 0.25) is 0 Å². The molecule has 0 bridgehead atoms. The number of piperazine rings is 1. The molecule has 2 amide bonds. The smallest absolute Gasteiger partial charge is 0.369 e. The lowest BCUT2D eigenvalue weighted by molar-refractivity contribution is -0.137. The number of sulfone groups is 1. The topological polar surface area (TPSA) is 94.6 Å². The van der Waals surface area contributed by atoms with Gasteiger partial charge < -0.3 is 15.5 Å². The van der Waals surface area contributed by atoms with E-state index >= 15 is 0 Å². The van der Waals surface area contributed by atoms with Crippen LogP contribution in [0.25, 0.3) is 0 Å². The summed E-state index contributed by atoms with van der Waals surface area (Å²) in [5.74, 6) is 0. The van der Waals surface area contributed by atoms with Crippen LogP contribution in [0.5, 0.6) is 0 Å². The van der Waals surface area contributed by atoms with Crippen LogP contribution in [0.1, 0.15) is 11.1 Å². The molecule has 2 heterocycles. The number of rotatable bonds is 8. The van der Waals surface area contributed by atoms with Crippen molar-refractivity contribution in [1.29, 1.82) is 0 Å². The molecule has 1 saturated heterocycles. The van der Waals surface area contributed by atoms with Gasteiger partial charge in [0.1, 0.15) is 5.37 Å². The van der Waals surface area contributed by atoms with Crippen LogP contribution in [0.3, 0.4) is 0 Å². The largest absolute Gasteiger partial charge is 0.416 e. The maximum atomic E-state index is 13.4. The first-order valence-electron chi connectivity index (χ1n) is 12.1. The minimum absolute atomic E-state index is 0.0639. The zero-order chi connectivity index (χ0) is 28.0. The first kappa shape index (κ1) is 28.1. The fraction of sp³-hybridized carbons (Fsp3) is 0.259. The molecule has 2 N–H and O–H groups in total. The lowest BCUT2D eigenvalue weighted by Crippen LogP contribution is -2.52. The quantitative estimate of drug-likeness (QED) is 0.394. The molecule has 0 spiro atoms. The summed E-state index contributed by atoms with van der Waals surface area (Å²) in [6.45, 7) is 5.37. The van der Waals surface area contributed by atoms with Crippen molar-refractivity contribution in [3.05, 3.63) is 96.8 Å². The summed E-state index contributed by atoms with van der Waals surface area (Å²) in [5.41, 5.74) is 0.968. The van der Waals surface area contributed by atoms with Crippen molar-refractivity contribution in [3.8, 4) is 0 Å². The molecule has 2 aromatic carbocycles. The molecule has 0 aliphatic carbocycles. The number of hydrogen-bond acceptors (Lipinski definition) is 6. The van der Waals surface area contributed by atoms with Gasteiger partial charge in [0.15, 0.2) is 9.84 Å². The molecule has 206 valence electrons. The second-order valence-corrected chi connectivity index (χ2v) is 11.0. The van der Waals surface area contributed by atoms with Gasteiger partial charge in [0.05, 0.1) is 10.5 Å². The van der Waals surface area contributed by atoms with E-state index in [-0.39, 0.29) is 11.4 Å². The Bertz CT molecular complexity index is 1390. The van der Waals surface area contributed by atoms with Crippen LogP contribution in [0.15, 0.2) is 90.6 Å². The summed E-state index contributed by atoms with van der Waals surface area (Å²) in [5, 5.41) is 4.35. The monoisotopic (exact) mass is 559 g/mol. The number of amides is 2. The van der Waals surface area contributed by atoms with Crippen LogP contribution in [-0.4, -0.2) is 55.9 Å². The fourth-order valence-corrected chi connectivity index (χ4v) is 5.96. The first-order valence-corrected chi connectivity index (χ1v) is 13.7. The third-order valence-electron chi connectivity index (χ3n) is 6.35. The number of anilines is 2. The van der Waals surface area contributed by atoms with Gasteiger partial charge in [-0.25, -0.2) is 13.2 Å². The van der Waals surface area contributed by atoms with E-state index in [9.17, 15) is 26.4 Å². The van der Waals surface area contributed by atoms with E-state index in [1.54, 1.807) is 34.3 Å². The van der Waals surface area contributed by atoms with E-state index in [0.29, 0.717) is 37.6 Å². The summed E-state index contributed by atoms with van der Waals surface area (Å²) < 4.78 is 66.1. The number of carbonyl (C=O) groups is 1. The van der Waals surface area contributed by atoms with Crippen molar-refractivity contribution in [3.63, 3.8) is 0 Å². The second kappa shape index (κ2) is 11.9. The van der Waals surface area contributed by atoms with Crippen molar-refractivity contribution >= 4 is 27.2 Å². The van der Waals surface area contributed by atoms with Gasteiger partial charge in [-0.1, -0.05) is 18.2 Å². The van der Waals surface area contributed by atoms with Crippen LogP contribution < -0.4 is 15.5 Å². The Morgan fingerprint density at radius 2 is 1.77 bits per heavy atom. The van der Waals surface area contributed by atoms with Gasteiger partial charge in [-0.15, -0.1) is 6.58 Å². The van der Waals surface area contributed by atoms with Gasteiger partial charge in [0, 0.05) is 56.5 Å². The number of alkyl halides is 3. The third kappa shape index (κ3) is 6.95. The number of carbonyl (C=O) groups excluding carboxylic acids is 1. The zero-order valence-corrected chi connectivity index (χ0v) is 21.8. The Kier molecular flexibility index (Phi) is 8.56. The number of hydrogen-bond donors (Lipinski definition) is 2. The molecule has 0 radical (unpaired) electrons. The molecule has 1 unspecified atom stereocenters. The van der Waals surface area contributed by atoms with Crippen molar-refractivity contribution < 1.29 is 26.4 Å². The minimum atomic E-state index is -4.44. The number of nitrogens with one attached hydrogen (secondary N) is 2. The molecule has 39 heavy (non-hydrogen) atoms. The maximum absolute atomic E-state index is 13.4. The molecule has 12 heteroatoms. The van der Waals surface area contributed by atoms with Crippen molar-refractivity contribution in [2.45, 2.75) is 23.0 Å². The molecule has 8 nitrogen and oxygen atoms in total. The predicted octanol–water partition coefficient (Wildman–Crippen LogP) is 4.53. The number of benzene rings is 2. The van der Waals surface area contributed by atoms with E-state index in [1.807, 2.05) is 6.07 Å². The maximum Gasteiger partial charge on any atom is 0.416 e. The van der Waals surface area contributed by atoms with Crippen molar-refractivity contribution in [2.24, 2.45) is 0 Å². The van der Waals surface area contributed by atoms with Crippen molar-refractivity contribution in [1.82, 2.24) is 15.2 Å². The average molecular weight is 560 g/mol. The van der Waals surface area contributed by atoms with E-state index in [0.717, 1.165) is 17.7 Å². The van der Waals surface area contributed by atoms with Gasteiger partial charge >= 0.3 is 12.2 Å². The van der Waals surface area contributed by atoms with Gasteiger partial charge in [-0.05, 0) is 54.1 Å². The van der Waals surface area contributed by atoms with E-state index in [1.165, 1.54) is 36.4 Å². The molecule has 1 fully saturated rings. The first-order chi connectivity index (χ1) is 18.6. The lowest BCUT2D eigenvalue weighted by atomic mass is 10.1. The molecule has 3 aromatic rings. The standard InChI is InChI=1S/C27H28F3N5O3S/c1-2-25(35-15-13-34(14-16-35)23-7-3-6-21(17-23)27(28,29)30)39(37,38)24-10-8-22(9-11-24)33-26(36)32-19-20-5-4-12-31-18-20/h2-12,17-18,25H,1,13-16,19H2,(H2,32,33,36). The molecule has 1 atom stereocenters. The molecule has 0 saturated carbocycles. The second-order valence-electron chi connectivity index (χ2n) is 8.94. The van der Waals surface area contributed by atoms with Crippen LogP contribution >= 0.6 is 0 Å². The number of pyridine rings is 1. The summed E-state index contributed by atoms with van der Waals surface area (Å²) >= 11 is 0. The summed E-state index contributed by atoms with van der Waals surface area (Å²) in [4.78, 5) is 19.8. The van der Waals surface area contributed by atoms with E-state index in [4.69, 9.17) is 0 Å². The molecular formula is C27H28F3N5O3S. The van der Waals surface area contributed by atoms with Gasteiger partial charge in [-0.2, -0.15) is 13.2 Å². The van der Waals surface area contributed by atoms with Crippen LogP contribution in [0.4, 0.5) is 29.3 Å². The van der Waals surface area contributed by atoms with E-state index in [2.05, 4.69) is 22.2 Å². The Balaban J connectivity index is 1.36. The van der Waals surface area contributed by atoms with Crippen molar-refractivity contribution in [2.75, 3.05) is 36.4 Å². The highest BCUT2D eigenvalue weighted by molar-refractivity contribution is 7.92. The van der Waals surface area contributed by atoms with E-state index < -0.39 is 33.0 Å². The SMILES string of the molecule is C=CC(N1CCN(c2cccc(C(F)(F)F)c2)CC1)S(=O)(=O)c1ccc(NC(=O)NCc2cccnc2)cc1. The highest BCUT2D eigenvalue weighted by Gasteiger charge is 2.34. The summed E-state index contributed by atoms with van der Waals surface area (Å²) in [7, 11) is -3.85. The predicted molar refractivity (Wildman–Crippen MR) is 143 cm³/mol. The molecule has 1 aliphatic rings. The van der Waals surface area contributed by atoms with Crippen LogP contribution in [-0.2, 0) is 22.6 Å².